The van der Waals surface area contributed by atoms with Crippen LogP contribution in [0.4, 0.5) is 8.78 Å². The third kappa shape index (κ3) is 1.49. The predicted molar refractivity (Wildman–Crippen MR) is 65.4 cm³/mol. The highest BCUT2D eigenvalue weighted by atomic mass is 19.3. The maximum atomic E-state index is 13.9. The maximum absolute atomic E-state index is 13.9. The summed E-state index contributed by atoms with van der Waals surface area (Å²) in [7, 11) is 0. The Hall–Kier alpha value is -0.750. The van der Waals surface area contributed by atoms with Gasteiger partial charge in [-0.1, -0.05) is 0 Å². The molecule has 1 amide bonds. The molecule has 0 aromatic heterocycles. The minimum absolute atomic E-state index is 0.190. The molecule has 1 spiro atoms. The first-order chi connectivity index (χ1) is 9.29. The molecule has 4 rings (SSSR count). The first kappa shape index (κ1) is 13.0. The Labute approximate surface area is 116 Å². The van der Waals surface area contributed by atoms with Gasteiger partial charge in [0.15, 0.2) is 0 Å². The van der Waals surface area contributed by atoms with Crippen LogP contribution in [0.3, 0.4) is 0 Å². The van der Waals surface area contributed by atoms with Gasteiger partial charge in [0.05, 0.1) is 30.3 Å². The van der Waals surface area contributed by atoms with Crippen LogP contribution < -0.4 is 0 Å². The van der Waals surface area contributed by atoms with E-state index in [1.54, 1.807) is 4.90 Å². The van der Waals surface area contributed by atoms with E-state index in [2.05, 4.69) is 0 Å². The molecule has 6 heteroatoms. The molecule has 112 valence electrons. The van der Waals surface area contributed by atoms with Gasteiger partial charge in [0, 0.05) is 6.54 Å². The molecule has 2 saturated carbocycles. The minimum Gasteiger partial charge on any atom is -0.376 e. The molecule has 1 unspecified atom stereocenters. The number of alkyl halides is 2. The van der Waals surface area contributed by atoms with Crippen LogP contribution in [0.2, 0.25) is 0 Å². The molecule has 4 aliphatic rings. The summed E-state index contributed by atoms with van der Waals surface area (Å²) in [5.74, 6) is -4.31. The molecule has 2 aliphatic heterocycles. The number of fused-ring (bicyclic) bond motifs is 1. The molecular weight excluding hydrogens is 268 g/mol. The molecule has 0 aromatic carbocycles. The van der Waals surface area contributed by atoms with E-state index in [0.29, 0.717) is 32.6 Å². The lowest BCUT2D eigenvalue weighted by Gasteiger charge is -2.45. The molecule has 2 aliphatic carbocycles. The van der Waals surface area contributed by atoms with Crippen LogP contribution in [0.25, 0.3) is 0 Å². The van der Waals surface area contributed by atoms with Gasteiger partial charge in [-0.3, -0.25) is 4.79 Å². The van der Waals surface area contributed by atoms with Crippen LogP contribution in [0.15, 0.2) is 0 Å². The van der Waals surface area contributed by atoms with Crippen LogP contribution >= 0.6 is 0 Å². The van der Waals surface area contributed by atoms with Crippen molar-refractivity contribution in [3.63, 3.8) is 0 Å². The highest BCUT2D eigenvalue weighted by Crippen LogP contribution is 2.80. The molecule has 0 radical (unpaired) electrons. The van der Waals surface area contributed by atoms with Crippen molar-refractivity contribution >= 4 is 5.91 Å². The van der Waals surface area contributed by atoms with Crippen LogP contribution in [0.5, 0.6) is 0 Å². The van der Waals surface area contributed by atoms with E-state index >= 15 is 0 Å². The number of morpholine rings is 1. The second kappa shape index (κ2) is 3.53. The summed E-state index contributed by atoms with van der Waals surface area (Å²) < 4.78 is 39.0. The van der Waals surface area contributed by atoms with Gasteiger partial charge < -0.3 is 14.4 Å². The summed E-state index contributed by atoms with van der Waals surface area (Å²) in [5.41, 5.74) is -1.51. The van der Waals surface area contributed by atoms with E-state index in [1.165, 1.54) is 0 Å². The van der Waals surface area contributed by atoms with Gasteiger partial charge in [-0.2, -0.15) is 0 Å². The van der Waals surface area contributed by atoms with Crippen molar-refractivity contribution in [2.45, 2.75) is 50.4 Å². The number of rotatable bonds is 1. The van der Waals surface area contributed by atoms with Crippen LogP contribution in [0.1, 0.15) is 26.7 Å². The van der Waals surface area contributed by atoms with Gasteiger partial charge in [0.1, 0.15) is 12.0 Å². The van der Waals surface area contributed by atoms with Crippen molar-refractivity contribution in [1.82, 2.24) is 4.90 Å². The van der Waals surface area contributed by atoms with Gasteiger partial charge in [-0.15, -0.1) is 0 Å². The normalized spacial score (nSPS) is 42.4. The zero-order valence-electron chi connectivity index (χ0n) is 11.7. The lowest BCUT2D eigenvalue weighted by Crippen LogP contribution is -2.60. The van der Waals surface area contributed by atoms with E-state index in [9.17, 15) is 13.6 Å². The Morgan fingerprint density at radius 3 is 2.55 bits per heavy atom. The number of nitrogens with zero attached hydrogens (tertiary/aromatic N) is 1. The fraction of sp³-hybridized carbons (Fsp3) is 0.929. The average Bonchev–Trinajstić information content (AvgIpc) is 3.13. The highest BCUT2D eigenvalue weighted by molar-refractivity contribution is 5.86. The molecule has 3 atom stereocenters. The monoisotopic (exact) mass is 287 g/mol. The maximum Gasteiger partial charge on any atom is 0.266 e. The third-order valence-electron chi connectivity index (χ3n) is 5.24. The first-order valence-electron chi connectivity index (χ1n) is 7.22. The number of hydrogen-bond donors (Lipinski definition) is 0. The van der Waals surface area contributed by atoms with Crippen molar-refractivity contribution in [2.75, 3.05) is 19.8 Å². The molecule has 4 fully saturated rings. The lowest BCUT2D eigenvalue weighted by molar-refractivity contribution is -0.171. The average molecular weight is 287 g/mol. The van der Waals surface area contributed by atoms with E-state index < -0.39 is 28.8 Å². The molecular formula is C14H19F2NO3. The van der Waals surface area contributed by atoms with Gasteiger partial charge in [0.2, 0.25) is 5.91 Å². The second-order valence-electron chi connectivity index (χ2n) is 7.20. The Bertz CT molecular complexity index is 471. The summed E-state index contributed by atoms with van der Waals surface area (Å²) in [6.45, 7) is 4.96. The number of carbonyl (C=O) groups is 1. The molecule has 2 heterocycles. The molecule has 0 N–H and O–H groups in total. The van der Waals surface area contributed by atoms with Crippen molar-refractivity contribution in [3.05, 3.63) is 0 Å². The fourth-order valence-electron chi connectivity index (χ4n) is 3.97. The first-order valence-corrected chi connectivity index (χ1v) is 7.22. The summed E-state index contributed by atoms with van der Waals surface area (Å²) >= 11 is 0. The van der Waals surface area contributed by atoms with E-state index in [-0.39, 0.29) is 12.1 Å². The molecule has 0 bridgehead atoms. The largest absolute Gasteiger partial charge is 0.376 e. The molecule has 20 heavy (non-hydrogen) atoms. The van der Waals surface area contributed by atoms with Crippen molar-refractivity contribution < 1.29 is 23.0 Å². The SMILES string of the molecule is CC1(C)CN(C(=O)C2C(F)(F)C23CC3)[C@@H]2COC[C@H]2O1. The second-order valence-corrected chi connectivity index (χ2v) is 7.20. The summed E-state index contributed by atoms with van der Waals surface area (Å²) in [4.78, 5) is 14.2. The number of carbonyl (C=O) groups excluding carboxylic acids is 1. The smallest absolute Gasteiger partial charge is 0.266 e. The van der Waals surface area contributed by atoms with Gasteiger partial charge >= 0.3 is 0 Å². The van der Waals surface area contributed by atoms with Crippen molar-refractivity contribution in [1.29, 1.82) is 0 Å². The number of halogens is 2. The summed E-state index contributed by atoms with van der Waals surface area (Å²) in [6, 6.07) is -0.206. The quantitative estimate of drug-likeness (QED) is 0.732. The van der Waals surface area contributed by atoms with Crippen LogP contribution in [-0.2, 0) is 14.3 Å². The third-order valence-corrected chi connectivity index (χ3v) is 5.24. The molecule has 4 nitrogen and oxygen atoms in total. The van der Waals surface area contributed by atoms with Gasteiger partial charge in [-0.05, 0) is 26.7 Å². The fourth-order valence-corrected chi connectivity index (χ4v) is 3.97. The standard InChI is InChI=1S/C14H19F2NO3/c1-12(2)7-17(8-5-19-6-9(8)20-12)11(18)10-13(3-4-13)14(10,15)16/h8-10H,3-7H2,1-2H3/t8-,9-,10?/m1/s1. The Morgan fingerprint density at radius 2 is 1.95 bits per heavy atom. The van der Waals surface area contributed by atoms with Gasteiger partial charge in [-0.25, -0.2) is 8.78 Å². The predicted octanol–water partition coefficient (Wildman–Crippen LogP) is 1.44. The number of ether oxygens (including phenoxy) is 2. The zero-order valence-corrected chi connectivity index (χ0v) is 11.7. The summed E-state index contributed by atoms with van der Waals surface area (Å²) in [5, 5.41) is 0. The van der Waals surface area contributed by atoms with Gasteiger partial charge in [0.25, 0.3) is 5.92 Å². The van der Waals surface area contributed by atoms with Crippen molar-refractivity contribution in [2.24, 2.45) is 11.3 Å². The topological polar surface area (TPSA) is 38.8 Å². The van der Waals surface area contributed by atoms with Crippen molar-refractivity contribution in [3.8, 4) is 0 Å². The van der Waals surface area contributed by atoms with E-state index in [0.717, 1.165) is 0 Å². The number of hydrogen-bond acceptors (Lipinski definition) is 3. The lowest BCUT2D eigenvalue weighted by atomic mass is 10.00. The van der Waals surface area contributed by atoms with E-state index in [4.69, 9.17) is 9.47 Å². The Kier molecular flexibility index (Phi) is 2.28. The van der Waals surface area contributed by atoms with Crippen LogP contribution in [-0.4, -0.2) is 54.2 Å². The summed E-state index contributed by atoms with van der Waals surface area (Å²) in [6.07, 6.45) is 0.772. The molecule has 0 aromatic rings. The molecule has 2 saturated heterocycles. The Morgan fingerprint density at radius 1 is 1.25 bits per heavy atom. The highest BCUT2D eigenvalue weighted by Gasteiger charge is 2.89. The minimum atomic E-state index is -2.80. The van der Waals surface area contributed by atoms with E-state index in [1.807, 2.05) is 13.8 Å². The number of amides is 1. The van der Waals surface area contributed by atoms with Crippen LogP contribution in [0, 0.1) is 11.3 Å². The zero-order chi connectivity index (χ0) is 14.3. The Balaban J connectivity index is 1.59.